The molecule has 1 aromatic heterocycles. The monoisotopic (exact) mass is 391 g/mol. The molecule has 1 aromatic carbocycles. The first-order valence-electron chi connectivity index (χ1n) is 9.35. The molecular formula is C20H29N3O3S. The van der Waals surface area contributed by atoms with E-state index < -0.39 is 10.0 Å². The number of nitrogens with zero attached hydrogens (tertiary/aromatic N) is 2. The molecule has 2 aromatic rings. The molecule has 27 heavy (non-hydrogen) atoms. The highest BCUT2D eigenvalue weighted by atomic mass is 32.2. The zero-order chi connectivity index (χ0) is 19.8. The van der Waals surface area contributed by atoms with Crippen molar-refractivity contribution >= 4 is 15.7 Å². The second-order valence-electron chi connectivity index (χ2n) is 8.38. The lowest BCUT2D eigenvalue weighted by Gasteiger charge is -2.22. The Kier molecular flexibility index (Phi) is 5.36. The summed E-state index contributed by atoms with van der Waals surface area (Å²) in [4.78, 5) is 0.336. The van der Waals surface area contributed by atoms with E-state index in [-0.39, 0.29) is 11.5 Å². The normalized spacial score (nSPS) is 18.0. The molecule has 1 N–H and O–H groups in total. The molecule has 0 radical (unpaired) electrons. The molecule has 148 valence electrons. The Morgan fingerprint density at radius 1 is 1.26 bits per heavy atom. The predicted octanol–water partition coefficient (Wildman–Crippen LogP) is 3.78. The number of nitrogens with one attached hydrogen (secondary N) is 1. The van der Waals surface area contributed by atoms with Gasteiger partial charge in [0.15, 0.2) is 0 Å². The summed E-state index contributed by atoms with van der Waals surface area (Å²) in [5.41, 5.74) is 3.06. The molecule has 0 aliphatic carbocycles. The van der Waals surface area contributed by atoms with Crippen LogP contribution in [0.25, 0.3) is 0 Å². The van der Waals surface area contributed by atoms with Crippen LogP contribution in [0.5, 0.6) is 0 Å². The fourth-order valence-corrected chi connectivity index (χ4v) is 5.01. The number of hydrogen-bond donors (Lipinski definition) is 1. The summed E-state index contributed by atoms with van der Waals surface area (Å²) in [6.07, 6.45) is 5.49. The summed E-state index contributed by atoms with van der Waals surface area (Å²) < 4.78 is 36.0. The van der Waals surface area contributed by atoms with E-state index in [0.717, 1.165) is 36.1 Å². The molecule has 2 heterocycles. The number of hydrogen-bond acceptors (Lipinski definition) is 4. The van der Waals surface area contributed by atoms with Crippen molar-refractivity contribution in [3.05, 3.63) is 41.2 Å². The first kappa shape index (κ1) is 19.9. The number of aryl methyl sites for hydroxylation is 2. The van der Waals surface area contributed by atoms with E-state index >= 15 is 0 Å². The number of ether oxygens (including phenoxy) is 1. The molecule has 7 heteroatoms. The zero-order valence-corrected chi connectivity index (χ0v) is 17.6. The molecule has 1 aliphatic heterocycles. The lowest BCUT2D eigenvalue weighted by atomic mass is 9.85. The third kappa shape index (κ3) is 4.52. The maximum atomic E-state index is 13.0. The van der Waals surface area contributed by atoms with Gasteiger partial charge in [-0.15, -0.1) is 0 Å². The largest absolute Gasteiger partial charge is 0.376 e. The van der Waals surface area contributed by atoms with Crippen LogP contribution in [0, 0.1) is 13.8 Å². The number of rotatable bonds is 5. The third-order valence-corrected chi connectivity index (χ3v) is 6.58. The van der Waals surface area contributed by atoms with Crippen LogP contribution < -0.4 is 4.72 Å². The zero-order valence-electron chi connectivity index (χ0n) is 16.7. The molecule has 3 rings (SSSR count). The van der Waals surface area contributed by atoms with E-state index in [1.165, 1.54) is 0 Å². The molecule has 0 bridgehead atoms. The van der Waals surface area contributed by atoms with Crippen molar-refractivity contribution < 1.29 is 13.2 Å². The van der Waals surface area contributed by atoms with Crippen molar-refractivity contribution in [3.63, 3.8) is 0 Å². The fourth-order valence-electron chi connectivity index (χ4n) is 3.53. The highest BCUT2D eigenvalue weighted by Gasteiger charge is 2.24. The maximum absolute atomic E-state index is 13.0. The van der Waals surface area contributed by atoms with Crippen LogP contribution in [0.15, 0.2) is 29.4 Å². The molecular weight excluding hydrogens is 362 g/mol. The third-order valence-electron chi connectivity index (χ3n) is 4.90. The van der Waals surface area contributed by atoms with Crippen LogP contribution in [0.1, 0.15) is 50.3 Å². The van der Waals surface area contributed by atoms with Gasteiger partial charge < -0.3 is 4.74 Å². The Morgan fingerprint density at radius 2 is 1.93 bits per heavy atom. The van der Waals surface area contributed by atoms with E-state index in [2.05, 4.69) is 30.6 Å². The van der Waals surface area contributed by atoms with E-state index in [0.29, 0.717) is 17.1 Å². The smallest absolute Gasteiger partial charge is 0.262 e. The number of sulfonamides is 1. The van der Waals surface area contributed by atoms with Gasteiger partial charge in [0.1, 0.15) is 0 Å². The molecule has 0 spiro atoms. The molecule has 1 aliphatic rings. The van der Waals surface area contributed by atoms with E-state index in [1.54, 1.807) is 17.1 Å². The topological polar surface area (TPSA) is 73.2 Å². The Balaban J connectivity index is 1.82. The molecule has 1 saturated heterocycles. The summed E-state index contributed by atoms with van der Waals surface area (Å²) in [6.45, 7) is 11.5. The minimum absolute atomic E-state index is 0.0330. The number of anilines is 1. The minimum Gasteiger partial charge on any atom is -0.376 e. The second-order valence-corrected chi connectivity index (χ2v) is 10.00. The summed E-state index contributed by atoms with van der Waals surface area (Å²) in [5.74, 6) is 0. The maximum Gasteiger partial charge on any atom is 0.262 e. The number of benzene rings is 1. The van der Waals surface area contributed by atoms with E-state index in [1.807, 2.05) is 26.0 Å². The standard InChI is InChI=1S/C20H29N3O3S/c1-14-9-16(20(3,4)5)10-15(2)19(14)27(24,25)22-17-11-21-23(12-17)13-18-7-6-8-26-18/h9-12,18,22H,6-8,13H2,1-5H3. The highest BCUT2D eigenvalue weighted by Crippen LogP contribution is 2.30. The van der Waals surface area contributed by atoms with Crippen molar-refractivity contribution in [3.8, 4) is 0 Å². The quantitative estimate of drug-likeness (QED) is 0.842. The van der Waals surface area contributed by atoms with Crippen LogP contribution in [0.3, 0.4) is 0 Å². The minimum atomic E-state index is -3.69. The average Bonchev–Trinajstić information content (AvgIpc) is 3.17. The van der Waals surface area contributed by atoms with Gasteiger partial charge in [0.2, 0.25) is 0 Å². The van der Waals surface area contributed by atoms with Crippen molar-refractivity contribution in [2.75, 3.05) is 11.3 Å². The number of aromatic nitrogens is 2. The highest BCUT2D eigenvalue weighted by molar-refractivity contribution is 7.92. The van der Waals surface area contributed by atoms with Gasteiger partial charge in [-0.25, -0.2) is 8.42 Å². The van der Waals surface area contributed by atoms with Crippen molar-refractivity contribution in [2.24, 2.45) is 0 Å². The lowest BCUT2D eigenvalue weighted by Crippen LogP contribution is -2.18. The Labute approximate surface area is 162 Å². The first-order chi connectivity index (χ1) is 12.6. The van der Waals surface area contributed by atoms with Crippen LogP contribution in [-0.2, 0) is 26.7 Å². The molecule has 1 unspecified atom stereocenters. The van der Waals surface area contributed by atoms with Gasteiger partial charge in [0.05, 0.1) is 29.4 Å². The molecule has 6 nitrogen and oxygen atoms in total. The van der Waals surface area contributed by atoms with Crippen LogP contribution in [0.4, 0.5) is 5.69 Å². The van der Waals surface area contributed by atoms with Crippen LogP contribution in [-0.4, -0.2) is 30.9 Å². The molecule has 0 amide bonds. The van der Waals surface area contributed by atoms with Gasteiger partial charge in [-0.2, -0.15) is 5.10 Å². The molecule has 1 fully saturated rings. The van der Waals surface area contributed by atoms with Gasteiger partial charge >= 0.3 is 0 Å². The van der Waals surface area contributed by atoms with E-state index in [4.69, 9.17) is 4.74 Å². The Morgan fingerprint density at radius 3 is 2.48 bits per heavy atom. The summed E-state index contributed by atoms with van der Waals surface area (Å²) in [5, 5.41) is 4.26. The van der Waals surface area contributed by atoms with Gasteiger partial charge in [0, 0.05) is 12.8 Å². The van der Waals surface area contributed by atoms with E-state index in [9.17, 15) is 8.42 Å². The predicted molar refractivity (Wildman–Crippen MR) is 107 cm³/mol. The summed E-state index contributed by atoms with van der Waals surface area (Å²) in [7, 11) is -3.69. The average molecular weight is 392 g/mol. The van der Waals surface area contributed by atoms with Crippen LogP contribution >= 0.6 is 0 Å². The van der Waals surface area contributed by atoms with Crippen molar-refractivity contribution in [1.29, 1.82) is 0 Å². The van der Waals surface area contributed by atoms with Gasteiger partial charge in [-0.05, 0) is 48.8 Å². The van der Waals surface area contributed by atoms with Gasteiger partial charge in [0.25, 0.3) is 10.0 Å². The lowest BCUT2D eigenvalue weighted by molar-refractivity contribution is 0.0940. The summed E-state index contributed by atoms with van der Waals surface area (Å²) >= 11 is 0. The van der Waals surface area contributed by atoms with Crippen LogP contribution in [0.2, 0.25) is 0 Å². The Hall–Kier alpha value is -1.86. The first-order valence-corrected chi connectivity index (χ1v) is 10.8. The molecule has 0 saturated carbocycles. The van der Waals surface area contributed by atoms with Gasteiger partial charge in [-0.3, -0.25) is 9.40 Å². The summed E-state index contributed by atoms with van der Waals surface area (Å²) in [6, 6.07) is 3.92. The van der Waals surface area contributed by atoms with Gasteiger partial charge in [-0.1, -0.05) is 32.9 Å². The SMILES string of the molecule is Cc1cc(C(C)(C)C)cc(C)c1S(=O)(=O)Nc1cnn(CC2CCCO2)c1. The molecule has 1 atom stereocenters. The second kappa shape index (κ2) is 7.28. The van der Waals surface area contributed by atoms with Crippen molar-refractivity contribution in [1.82, 2.24) is 9.78 Å². The van der Waals surface area contributed by atoms with Crippen molar-refractivity contribution in [2.45, 2.75) is 70.4 Å². The fraction of sp³-hybridized carbons (Fsp3) is 0.550. The Bertz CT molecular complexity index is 897.